The van der Waals surface area contributed by atoms with E-state index in [9.17, 15) is 14.7 Å². The molecule has 1 aromatic heterocycles. The van der Waals surface area contributed by atoms with Crippen LogP contribution in [0.2, 0.25) is 5.02 Å². The molecule has 1 fully saturated rings. The summed E-state index contributed by atoms with van der Waals surface area (Å²) in [7, 11) is 0. The first-order valence-corrected chi connectivity index (χ1v) is 15.7. The Balaban J connectivity index is 1.52. The van der Waals surface area contributed by atoms with Gasteiger partial charge in [0.15, 0.2) is 4.34 Å². The lowest BCUT2D eigenvalue weighted by atomic mass is 9.95. The van der Waals surface area contributed by atoms with Crippen molar-refractivity contribution in [3.05, 3.63) is 106 Å². The zero-order valence-electron chi connectivity index (χ0n) is 23.4. The fourth-order valence-electron chi connectivity index (χ4n) is 4.48. The van der Waals surface area contributed by atoms with Crippen molar-refractivity contribution in [1.82, 2.24) is 10.2 Å². The number of Topliss-reactive ketones (excluding diaryl/α,β-unsaturated/α-hetero) is 1. The van der Waals surface area contributed by atoms with Crippen molar-refractivity contribution in [2.24, 2.45) is 5.92 Å². The van der Waals surface area contributed by atoms with Gasteiger partial charge in [-0.3, -0.25) is 14.5 Å². The second-order valence-corrected chi connectivity index (χ2v) is 13.0. The largest absolute Gasteiger partial charge is 0.507 e. The van der Waals surface area contributed by atoms with Crippen LogP contribution in [-0.2, 0) is 15.3 Å². The van der Waals surface area contributed by atoms with E-state index in [1.807, 2.05) is 25.1 Å². The molecule has 0 aliphatic carbocycles. The minimum Gasteiger partial charge on any atom is -0.507 e. The van der Waals surface area contributed by atoms with Crippen molar-refractivity contribution in [1.29, 1.82) is 0 Å². The molecule has 216 valence electrons. The number of anilines is 1. The molecule has 1 atom stereocenters. The summed E-state index contributed by atoms with van der Waals surface area (Å²) in [5.74, 6) is -0.103. The molecule has 1 aliphatic rings. The number of aromatic nitrogens is 2. The monoisotopic (exact) mass is 619 g/mol. The molecule has 0 spiro atoms. The number of benzene rings is 3. The van der Waals surface area contributed by atoms with Crippen LogP contribution < -0.4 is 9.64 Å². The van der Waals surface area contributed by atoms with Crippen LogP contribution in [0.25, 0.3) is 5.76 Å². The number of nitrogens with zero attached hydrogens (tertiary/aromatic N) is 3. The molecule has 4 aromatic rings. The van der Waals surface area contributed by atoms with Gasteiger partial charge in [-0.05, 0) is 66.8 Å². The van der Waals surface area contributed by atoms with Crippen LogP contribution in [0.4, 0.5) is 5.13 Å². The molecule has 1 unspecified atom stereocenters. The molecule has 10 heteroatoms. The second kappa shape index (κ2) is 13.1. The number of carbonyl (C=O) groups excluding carboxylic acids is 2. The van der Waals surface area contributed by atoms with Crippen LogP contribution in [0, 0.1) is 12.8 Å². The van der Waals surface area contributed by atoms with Gasteiger partial charge in [0, 0.05) is 16.3 Å². The number of thioether (sulfide) groups is 1. The van der Waals surface area contributed by atoms with Gasteiger partial charge in [-0.15, -0.1) is 10.2 Å². The highest BCUT2D eigenvalue weighted by Gasteiger charge is 2.48. The van der Waals surface area contributed by atoms with E-state index in [0.717, 1.165) is 12.0 Å². The van der Waals surface area contributed by atoms with Crippen LogP contribution in [0.1, 0.15) is 48.6 Å². The molecular weight excluding hydrogens is 590 g/mol. The van der Waals surface area contributed by atoms with Crippen molar-refractivity contribution >= 4 is 57.3 Å². The Kier molecular flexibility index (Phi) is 9.30. The van der Waals surface area contributed by atoms with Gasteiger partial charge in [-0.25, -0.2) is 0 Å². The maximum atomic E-state index is 13.6. The van der Waals surface area contributed by atoms with Gasteiger partial charge in [0.2, 0.25) is 5.13 Å². The summed E-state index contributed by atoms with van der Waals surface area (Å²) in [5.41, 5.74) is 3.27. The van der Waals surface area contributed by atoms with E-state index in [1.54, 1.807) is 30.3 Å². The number of aliphatic hydroxyl groups is 1. The predicted molar refractivity (Wildman–Crippen MR) is 168 cm³/mol. The van der Waals surface area contributed by atoms with Crippen LogP contribution in [0.3, 0.4) is 0 Å². The number of hydrogen-bond donors (Lipinski definition) is 1. The summed E-state index contributed by atoms with van der Waals surface area (Å²) in [5, 5.41) is 20.7. The lowest BCUT2D eigenvalue weighted by molar-refractivity contribution is -0.132. The minimum atomic E-state index is -0.933. The Labute approximate surface area is 258 Å². The molecule has 2 heterocycles. The number of rotatable bonds is 10. The number of amides is 1. The zero-order chi connectivity index (χ0) is 29.8. The van der Waals surface area contributed by atoms with Gasteiger partial charge in [0.1, 0.15) is 11.5 Å². The predicted octanol–water partition coefficient (Wildman–Crippen LogP) is 7.84. The summed E-state index contributed by atoms with van der Waals surface area (Å²) in [6.07, 6.45) is 0.882. The molecule has 1 saturated heterocycles. The highest BCUT2D eigenvalue weighted by Crippen LogP contribution is 2.44. The first kappa shape index (κ1) is 29.8. The zero-order valence-corrected chi connectivity index (χ0v) is 25.8. The lowest BCUT2D eigenvalue weighted by Crippen LogP contribution is -2.29. The number of ketones is 1. The summed E-state index contributed by atoms with van der Waals surface area (Å²) < 4.78 is 6.64. The molecule has 42 heavy (non-hydrogen) atoms. The van der Waals surface area contributed by atoms with Crippen molar-refractivity contribution in [2.45, 2.75) is 43.3 Å². The van der Waals surface area contributed by atoms with Crippen LogP contribution in [-0.4, -0.2) is 33.6 Å². The molecule has 1 aliphatic heterocycles. The third kappa shape index (κ3) is 6.69. The maximum Gasteiger partial charge on any atom is 0.301 e. The quantitative estimate of drug-likeness (QED) is 0.0635. The van der Waals surface area contributed by atoms with Gasteiger partial charge in [0.25, 0.3) is 5.78 Å². The molecule has 0 saturated carbocycles. The maximum absolute atomic E-state index is 13.6. The average Bonchev–Trinajstić information content (AvgIpc) is 3.54. The van der Waals surface area contributed by atoms with E-state index in [0.29, 0.717) is 44.5 Å². The van der Waals surface area contributed by atoms with Crippen LogP contribution in [0.5, 0.6) is 5.75 Å². The molecule has 5 rings (SSSR count). The molecule has 0 bridgehead atoms. The van der Waals surface area contributed by atoms with Gasteiger partial charge in [-0.2, -0.15) is 0 Å². The summed E-state index contributed by atoms with van der Waals surface area (Å²) in [6, 6.07) is 21.0. The van der Waals surface area contributed by atoms with Crippen LogP contribution >= 0.6 is 34.7 Å². The Morgan fingerprint density at radius 3 is 2.52 bits per heavy atom. The Bertz CT molecular complexity index is 1620. The van der Waals surface area contributed by atoms with E-state index in [1.165, 1.54) is 33.6 Å². The Morgan fingerprint density at radius 1 is 1.07 bits per heavy atom. The van der Waals surface area contributed by atoms with Gasteiger partial charge < -0.3 is 9.84 Å². The van der Waals surface area contributed by atoms with Crippen LogP contribution in [0.15, 0.2) is 82.7 Å². The van der Waals surface area contributed by atoms with Crippen molar-refractivity contribution in [3.8, 4) is 5.75 Å². The fraction of sp³-hybridized carbons (Fsp3) is 0.250. The number of halogens is 1. The average molecular weight is 620 g/mol. The van der Waals surface area contributed by atoms with E-state index < -0.39 is 17.7 Å². The normalized spacial score (nSPS) is 16.4. The standard InChI is InChI=1S/C32H30ClN3O4S2/c1-19(2)15-16-40-25-6-4-5-23(17-25)27-26(28(37)22-11-13-24(33)14-12-22)29(38)30(39)36(27)31-34-35-32(42-31)41-18-21-9-7-20(3)8-10-21/h4-14,17,19,27,37H,15-16,18H2,1-3H3. The number of carbonyl (C=O) groups is 2. The fourth-order valence-corrected chi connectivity index (χ4v) is 6.43. The number of ether oxygens (including phenoxy) is 1. The van der Waals surface area contributed by atoms with Gasteiger partial charge >= 0.3 is 5.91 Å². The Morgan fingerprint density at radius 2 is 1.81 bits per heavy atom. The molecule has 3 aromatic carbocycles. The van der Waals surface area contributed by atoms with Gasteiger partial charge in [0.05, 0.1) is 18.2 Å². The molecular formula is C32H30ClN3O4S2. The first-order valence-electron chi connectivity index (χ1n) is 13.5. The lowest BCUT2D eigenvalue weighted by Gasteiger charge is -2.23. The smallest absolute Gasteiger partial charge is 0.301 e. The third-order valence-corrected chi connectivity index (χ3v) is 9.16. The number of aryl methyl sites for hydroxylation is 1. The number of hydrogen-bond acceptors (Lipinski definition) is 8. The topological polar surface area (TPSA) is 92.6 Å². The van der Waals surface area contributed by atoms with Crippen molar-refractivity contribution < 1.29 is 19.4 Å². The highest BCUT2D eigenvalue weighted by atomic mass is 35.5. The summed E-state index contributed by atoms with van der Waals surface area (Å²) in [4.78, 5) is 28.4. The van der Waals surface area contributed by atoms with E-state index in [4.69, 9.17) is 16.3 Å². The highest BCUT2D eigenvalue weighted by molar-refractivity contribution is 8.00. The summed E-state index contributed by atoms with van der Waals surface area (Å²) >= 11 is 8.79. The number of aliphatic hydroxyl groups excluding tert-OH is 1. The molecule has 7 nitrogen and oxygen atoms in total. The van der Waals surface area contributed by atoms with E-state index in [2.05, 4.69) is 48.3 Å². The van der Waals surface area contributed by atoms with Crippen molar-refractivity contribution in [2.75, 3.05) is 11.5 Å². The minimum absolute atomic E-state index is 0.0364. The first-order chi connectivity index (χ1) is 20.2. The third-order valence-electron chi connectivity index (χ3n) is 6.78. The van der Waals surface area contributed by atoms with E-state index in [-0.39, 0.29) is 16.5 Å². The Hall–Kier alpha value is -3.66. The molecule has 1 N–H and O–H groups in total. The molecule has 1 amide bonds. The van der Waals surface area contributed by atoms with Crippen molar-refractivity contribution in [3.63, 3.8) is 0 Å². The van der Waals surface area contributed by atoms with E-state index >= 15 is 0 Å². The second-order valence-electron chi connectivity index (χ2n) is 10.4. The molecule has 0 radical (unpaired) electrons. The summed E-state index contributed by atoms with van der Waals surface area (Å²) in [6.45, 7) is 6.82. The van der Waals surface area contributed by atoms with Gasteiger partial charge in [-0.1, -0.05) is 90.5 Å². The SMILES string of the molecule is Cc1ccc(CSc2nnc(N3C(=O)C(=O)C(=C(O)c4ccc(Cl)cc4)C3c3cccc(OCCC(C)C)c3)s2)cc1.